The van der Waals surface area contributed by atoms with Crippen LogP contribution in [0.4, 0.5) is 0 Å². The van der Waals surface area contributed by atoms with Crippen LogP contribution in [-0.2, 0) is 14.4 Å². The van der Waals surface area contributed by atoms with Crippen LogP contribution in [0, 0.1) is 0 Å². The lowest BCUT2D eigenvalue weighted by Gasteiger charge is -2.15. The first kappa shape index (κ1) is 22.4. The Hall–Kier alpha value is -1.63. The van der Waals surface area contributed by atoms with Crippen molar-refractivity contribution < 1.29 is 19.5 Å². The summed E-state index contributed by atoms with van der Waals surface area (Å²) in [6, 6.07) is -0.373. The Balaban J connectivity index is 3.98. The first-order valence-corrected chi connectivity index (χ1v) is 8.77. The van der Waals surface area contributed by atoms with Gasteiger partial charge in [0.25, 0.3) is 0 Å². The van der Waals surface area contributed by atoms with E-state index in [0.29, 0.717) is 18.9 Å². The number of hydrogen-bond acceptors (Lipinski definition) is 4. The van der Waals surface area contributed by atoms with Crippen LogP contribution in [0.2, 0.25) is 0 Å². The molecule has 0 aliphatic carbocycles. The highest BCUT2D eigenvalue weighted by molar-refractivity contribution is 5.84. The van der Waals surface area contributed by atoms with E-state index in [4.69, 9.17) is 0 Å². The molecule has 1 unspecified atom stereocenters. The van der Waals surface area contributed by atoms with Gasteiger partial charge in [0.15, 0.2) is 0 Å². The summed E-state index contributed by atoms with van der Waals surface area (Å²) in [4.78, 5) is 34.5. The molecule has 0 aromatic heterocycles. The summed E-state index contributed by atoms with van der Waals surface area (Å²) < 4.78 is 0. The molecule has 0 radical (unpaired) electrons. The predicted octanol–water partition coefficient (Wildman–Crippen LogP) is 1.42. The topological polar surface area (TPSA) is 108 Å². The summed E-state index contributed by atoms with van der Waals surface area (Å²) in [7, 11) is 0. The monoisotopic (exact) mass is 343 g/mol. The molecule has 0 aromatic carbocycles. The van der Waals surface area contributed by atoms with E-state index in [1.807, 2.05) is 13.8 Å². The maximum Gasteiger partial charge on any atom is 0.326 e. The second kappa shape index (κ2) is 12.8. The van der Waals surface area contributed by atoms with E-state index < -0.39 is 12.0 Å². The number of rotatable bonds is 13. The standard InChI is InChI=1S/C17H33N3O4/c1-12(2)18-11-6-5-8-14(17(23)24)20-16(22)10-7-9-15(21)19-13(3)4/h12-14,18H,5-11H2,1-4H3,(H,19,21)(H,20,22)(H,23,24). The molecule has 0 saturated carbocycles. The van der Waals surface area contributed by atoms with Gasteiger partial charge < -0.3 is 21.1 Å². The summed E-state index contributed by atoms with van der Waals surface area (Å²) in [6.45, 7) is 8.70. The Morgan fingerprint density at radius 2 is 1.42 bits per heavy atom. The highest BCUT2D eigenvalue weighted by Crippen LogP contribution is 2.03. The second-order valence-corrected chi connectivity index (χ2v) is 6.64. The van der Waals surface area contributed by atoms with E-state index in [1.165, 1.54) is 0 Å². The number of amides is 2. The number of nitrogens with one attached hydrogen (secondary N) is 3. The summed E-state index contributed by atoms with van der Waals surface area (Å²) in [5, 5.41) is 17.7. The molecule has 4 N–H and O–H groups in total. The first-order valence-electron chi connectivity index (χ1n) is 8.77. The van der Waals surface area contributed by atoms with Crippen LogP contribution in [0.5, 0.6) is 0 Å². The Kier molecular flexibility index (Phi) is 11.9. The number of hydrogen-bond donors (Lipinski definition) is 4. The van der Waals surface area contributed by atoms with E-state index in [1.54, 1.807) is 0 Å². The van der Waals surface area contributed by atoms with Gasteiger partial charge in [-0.15, -0.1) is 0 Å². The molecule has 24 heavy (non-hydrogen) atoms. The third-order valence-corrected chi connectivity index (χ3v) is 3.36. The van der Waals surface area contributed by atoms with Gasteiger partial charge in [-0.05, 0) is 46.1 Å². The fourth-order valence-electron chi connectivity index (χ4n) is 2.19. The van der Waals surface area contributed by atoms with E-state index in [2.05, 4.69) is 29.8 Å². The Bertz CT molecular complexity index is 397. The molecule has 0 spiro atoms. The van der Waals surface area contributed by atoms with E-state index in [-0.39, 0.29) is 30.7 Å². The van der Waals surface area contributed by atoms with E-state index in [9.17, 15) is 19.5 Å². The summed E-state index contributed by atoms with van der Waals surface area (Å²) in [5.74, 6) is -1.43. The zero-order chi connectivity index (χ0) is 18.5. The average Bonchev–Trinajstić information content (AvgIpc) is 2.44. The molecule has 0 aliphatic heterocycles. The van der Waals surface area contributed by atoms with Crippen molar-refractivity contribution in [3.8, 4) is 0 Å². The lowest BCUT2D eigenvalue weighted by atomic mass is 10.1. The van der Waals surface area contributed by atoms with Gasteiger partial charge in [0.1, 0.15) is 6.04 Å². The zero-order valence-corrected chi connectivity index (χ0v) is 15.4. The van der Waals surface area contributed by atoms with Crippen molar-refractivity contribution in [2.75, 3.05) is 6.54 Å². The average molecular weight is 343 g/mol. The lowest BCUT2D eigenvalue weighted by Crippen LogP contribution is -2.40. The van der Waals surface area contributed by atoms with Crippen LogP contribution in [0.1, 0.15) is 66.2 Å². The number of unbranched alkanes of at least 4 members (excludes halogenated alkanes) is 1. The minimum atomic E-state index is -1.02. The zero-order valence-electron chi connectivity index (χ0n) is 15.4. The molecule has 0 aliphatic rings. The van der Waals surface area contributed by atoms with Gasteiger partial charge in [0, 0.05) is 24.9 Å². The van der Waals surface area contributed by atoms with Crippen LogP contribution in [0.15, 0.2) is 0 Å². The predicted molar refractivity (Wildman–Crippen MR) is 93.7 cm³/mol. The molecule has 0 bridgehead atoms. The number of carbonyl (C=O) groups excluding carboxylic acids is 2. The number of aliphatic carboxylic acids is 1. The van der Waals surface area contributed by atoms with Gasteiger partial charge >= 0.3 is 5.97 Å². The van der Waals surface area contributed by atoms with Crippen molar-refractivity contribution >= 4 is 17.8 Å². The van der Waals surface area contributed by atoms with Crippen molar-refractivity contribution in [3.63, 3.8) is 0 Å². The van der Waals surface area contributed by atoms with Crippen molar-refractivity contribution in [2.24, 2.45) is 0 Å². The number of carboxylic acid groups (broad SMARTS) is 1. The van der Waals surface area contributed by atoms with Crippen LogP contribution in [0.3, 0.4) is 0 Å². The number of carbonyl (C=O) groups is 3. The Morgan fingerprint density at radius 3 is 1.92 bits per heavy atom. The highest BCUT2D eigenvalue weighted by atomic mass is 16.4. The molecule has 0 rings (SSSR count). The molecule has 7 heteroatoms. The minimum absolute atomic E-state index is 0.0768. The molecule has 0 fully saturated rings. The highest BCUT2D eigenvalue weighted by Gasteiger charge is 2.19. The van der Waals surface area contributed by atoms with Gasteiger partial charge in [-0.25, -0.2) is 4.79 Å². The smallest absolute Gasteiger partial charge is 0.326 e. The Morgan fingerprint density at radius 1 is 0.833 bits per heavy atom. The van der Waals surface area contributed by atoms with Crippen molar-refractivity contribution in [1.82, 2.24) is 16.0 Å². The SMILES string of the molecule is CC(C)NCCCCC(NC(=O)CCCC(=O)NC(C)C)C(=O)O. The fraction of sp³-hybridized carbons (Fsp3) is 0.824. The largest absolute Gasteiger partial charge is 0.480 e. The molecule has 0 heterocycles. The maximum absolute atomic E-state index is 11.8. The van der Waals surface area contributed by atoms with Gasteiger partial charge in [0.2, 0.25) is 11.8 Å². The third-order valence-electron chi connectivity index (χ3n) is 3.36. The van der Waals surface area contributed by atoms with Gasteiger partial charge in [-0.1, -0.05) is 13.8 Å². The molecule has 7 nitrogen and oxygen atoms in total. The van der Waals surface area contributed by atoms with Crippen LogP contribution in [0.25, 0.3) is 0 Å². The van der Waals surface area contributed by atoms with Crippen molar-refractivity contribution in [1.29, 1.82) is 0 Å². The summed E-state index contributed by atoms with van der Waals surface area (Å²) >= 11 is 0. The lowest BCUT2D eigenvalue weighted by molar-refractivity contribution is -0.142. The summed E-state index contributed by atoms with van der Waals surface area (Å²) in [5.41, 5.74) is 0. The molecule has 1 atom stereocenters. The van der Waals surface area contributed by atoms with Crippen LogP contribution in [-0.4, -0.2) is 47.6 Å². The molecule has 0 aromatic rings. The number of carboxylic acids is 1. The van der Waals surface area contributed by atoms with Gasteiger partial charge in [-0.3, -0.25) is 9.59 Å². The van der Waals surface area contributed by atoms with Crippen molar-refractivity contribution in [2.45, 2.75) is 84.3 Å². The van der Waals surface area contributed by atoms with Gasteiger partial charge in [0.05, 0.1) is 0 Å². The Labute approximate surface area is 145 Å². The molecular weight excluding hydrogens is 310 g/mol. The first-order chi connectivity index (χ1) is 11.2. The normalized spacial score (nSPS) is 12.2. The van der Waals surface area contributed by atoms with Crippen LogP contribution >= 0.6 is 0 Å². The minimum Gasteiger partial charge on any atom is -0.480 e. The molecule has 0 saturated heterocycles. The molecular formula is C17H33N3O4. The fourth-order valence-corrected chi connectivity index (χ4v) is 2.19. The third kappa shape index (κ3) is 12.9. The quantitative estimate of drug-likeness (QED) is 0.378. The maximum atomic E-state index is 11.8. The molecule has 140 valence electrons. The second-order valence-electron chi connectivity index (χ2n) is 6.64. The van der Waals surface area contributed by atoms with E-state index in [0.717, 1.165) is 19.4 Å². The van der Waals surface area contributed by atoms with Crippen molar-refractivity contribution in [3.05, 3.63) is 0 Å². The van der Waals surface area contributed by atoms with Gasteiger partial charge in [-0.2, -0.15) is 0 Å². The van der Waals surface area contributed by atoms with E-state index >= 15 is 0 Å². The summed E-state index contributed by atoms with van der Waals surface area (Å²) in [6.07, 6.45) is 2.85. The molecule has 2 amide bonds. The van der Waals surface area contributed by atoms with Crippen LogP contribution < -0.4 is 16.0 Å².